The van der Waals surface area contributed by atoms with Crippen molar-refractivity contribution in [3.05, 3.63) is 59.1 Å². The molecule has 3 aromatic rings. The Bertz CT molecular complexity index is 683. The van der Waals surface area contributed by atoms with Gasteiger partial charge in [-0.1, -0.05) is 48.5 Å². The number of halogens is 1. The Kier molecular flexibility index (Phi) is 2.96. The summed E-state index contributed by atoms with van der Waals surface area (Å²) in [4.78, 5) is 0. The van der Waals surface area contributed by atoms with Crippen LogP contribution in [0.15, 0.2) is 59.1 Å². The van der Waals surface area contributed by atoms with E-state index in [0.29, 0.717) is 0 Å². The Morgan fingerprint density at radius 3 is 2.33 bits per heavy atom. The summed E-state index contributed by atoms with van der Waals surface area (Å²) in [5.41, 5.74) is 3.80. The average molecular weight is 300 g/mol. The molecular formula is C16H14BrN. The molecule has 0 fully saturated rings. The number of aromatic nitrogens is 1. The zero-order chi connectivity index (χ0) is 12.5. The van der Waals surface area contributed by atoms with Gasteiger partial charge in [0.2, 0.25) is 0 Å². The Morgan fingerprint density at radius 2 is 1.61 bits per heavy atom. The molecule has 0 radical (unpaired) electrons. The first-order valence-electron chi connectivity index (χ1n) is 6.15. The fourth-order valence-electron chi connectivity index (χ4n) is 2.47. The van der Waals surface area contributed by atoms with Gasteiger partial charge in [-0.3, -0.25) is 0 Å². The SMILES string of the molecule is CCn1c(-c2ccccc2)c(Br)c2ccccc21. The molecule has 2 aromatic carbocycles. The maximum absolute atomic E-state index is 3.76. The molecule has 0 bridgehead atoms. The second-order valence-corrected chi connectivity index (χ2v) is 5.08. The van der Waals surface area contributed by atoms with Gasteiger partial charge in [0.15, 0.2) is 0 Å². The maximum atomic E-state index is 3.76. The van der Waals surface area contributed by atoms with Gasteiger partial charge in [-0.05, 0) is 34.5 Å². The van der Waals surface area contributed by atoms with Gasteiger partial charge in [0.05, 0.1) is 10.2 Å². The molecule has 0 aliphatic carbocycles. The van der Waals surface area contributed by atoms with E-state index in [-0.39, 0.29) is 0 Å². The lowest BCUT2D eigenvalue weighted by molar-refractivity contribution is 0.804. The predicted molar refractivity (Wildman–Crippen MR) is 80.7 cm³/mol. The third-order valence-electron chi connectivity index (χ3n) is 3.27. The second kappa shape index (κ2) is 4.62. The normalized spacial score (nSPS) is 11.0. The van der Waals surface area contributed by atoms with Crippen molar-refractivity contribution < 1.29 is 0 Å². The van der Waals surface area contributed by atoms with Crippen LogP contribution in [0.25, 0.3) is 22.2 Å². The molecule has 0 spiro atoms. The Labute approximate surface area is 115 Å². The van der Waals surface area contributed by atoms with Gasteiger partial charge in [-0.25, -0.2) is 0 Å². The van der Waals surface area contributed by atoms with E-state index in [4.69, 9.17) is 0 Å². The van der Waals surface area contributed by atoms with E-state index in [2.05, 4.69) is 82.0 Å². The van der Waals surface area contributed by atoms with Crippen LogP contribution in [0.2, 0.25) is 0 Å². The number of aryl methyl sites for hydroxylation is 1. The highest BCUT2D eigenvalue weighted by Crippen LogP contribution is 2.37. The molecule has 0 aliphatic rings. The number of benzene rings is 2. The van der Waals surface area contributed by atoms with E-state index >= 15 is 0 Å². The first-order valence-corrected chi connectivity index (χ1v) is 6.94. The molecule has 3 rings (SSSR count). The highest BCUT2D eigenvalue weighted by molar-refractivity contribution is 9.10. The second-order valence-electron chi connectivity index (χ2n) is 4.29. The van der Waals surface area contributed by atoms with Crippen molar-refractivity contribution in [1.82, 2.24) is 4.57 Å². The van der Waals surface area contributed by atoms with Crippen molar-refractivity contribution in [1.29, 1.82) is 0 Å². The summed E-state index contributed by atoms with van der Waals surface area (Å²) in [6.07, 6.45) is 0. The molecule has 0 saturated heterocycles. The summed E-state index contributed by atoms with van der Waals surface area (Å²) in [5, 5.41) is 1.28. The standard InChI is InChI=1S/C16H14BrN/c1-2-18-14-11-7-6-10-13(14)15(17)16(18)12-8-4-3-5-9-12/h3-11H,2H2,1H3. The van der Waals surface area contributed by atoms with E-state index in [0.717, 1.165) is 6.54 Å². The van der Waals surface area contributed by atoms with Crippen LogP contribution in [0.1, 0.15) is 6.92 Å². The molecule has 0 N–H and O–H groups in total. The zero-order valence-electron chi connectivity index (χ0n) is 10.2. The van der Waals surface area contributed by atoms with Gasteiger partial charge in [0.25, 0.3) is 0 Å². The van der Waals surface area contributed by atoms with E-state index < -0.39 is 0 Å². The van der Waals surface area contributed by atoms with E-state index in [1.165, 1.54) is 26.6 Å². The monoisotopic (exact) mass is 299 g/mol. The number of hydrogen-bond donors (Lipinski definition) is 0. The molecule has 1 heterocycles. The minimum absolute atomic E-state index is 0.969. The van der Waals surface area contributed by atoms with Crippen LogP contribution in [-0.2, 0) is 6.54 Å². The van der Waals surface area contributed by atoms with Gasteiger partial charge in [-0.2, -0.15) is 0 Å². The third kappa shape index (κ3) is 1.68. The summed E-state index contributed by atoms with van der Waals surface area (Å²) in [6.45, 7) is 3.15. The Hall–Kier alpha value is -1.54. The first-order chi connectivity index (χ1) is 8.83. The van der Waals surface area contributed by atoms with Crippen LogP contribution in [0.4, 0.5) is 0 Å². The van der Waals surface area contributed by atoms with E-state index in [1.807, 2.05) is 0 Å². The van der Waals surface area contributed by atoms with Crippen molar-refractivity contribution in [2.45, 2.75) is 13.5 Å². The van der Waals surface area contributed by atoms with Crippen LogP contribution in [-0.4, -0.2) is 4.57 Å². The topological polar surface area (TPSA) is 4.93 Å². The third-order valence-corrected chi connectivity index (χ3v) is 4.08. The average Bonchev–Trinajstić information content (AvgIpc) is 2.73. The van der Waals surface area contributed by atoms with Crippen LogP contribution in [0.5, 0.6) is 0 Å². The highest BCUT2D eigenvalue weighted by atomic mass is 79.9. The number of fused-ring (bicyclic) bond motifs is 1. The van der Waals surface area contributed by atoms with Gasteiger partial charge < -0.3 is 4.57 Å². The van der Waals surface area contributed by atoms with Crippen molar-refractivity contribution >= 4 is 26.8 Å². The lowest BCUT2D eigenvalue weighted by Gasteiger charge is -2.08. The molecule has 0 saturated carbocycles. The van der Waals surface area contributed by atoms with Crippen molar-refractivity contribution in [3.8, 4) is 11.3 Å². The van der Waals surface area contributed by atoms with E-state index in [1.54, 1.807) is 0 Å². The largest absolute Gasteiger partial charge is 0.340 e. The van der Waals surface area contributed by atoms with Crippen molar-refractivity contribution in [3.63, 3.8) is 0 Å². The molecule has 0 amide bonds. The molecule has 1 nitrogen and oxygen atoms in total. The molecule has 0 unspecified atom stereocenters. The molecule has 18 heavy (non-hydrogen) atoms. The van der Waals surface area contributed by atoms with Gasteiger partial charge in [0.1, 0.15) is 0 Å². The minimum atomic E-state index is 0.969. The minimum Gasteiger partial charge on any atom is -0.340 e. The lowest BCUT2D eigenvalue weighted by atomic mass is 10.1. The molecule has 0 atom stereocenters. The molecule has 0 aliphatic heterocycles. The van der Waals surface area contributed by atoms with Gasteiger partial charge >= 0.3 is 0 Å². The van der Waals surface area contributed by atoms with Crippen LogP contribution < -0.4 is 0 Å². The van der Waals surface area contributed by atoms with Gasteiger partial charge in [0, 0.05) is 17.4 Å². The summed E-state index contributed by atoms with van der Waals surface area (Å²) in [5.74, 6) is 0. The fourth-order valence-corrected chi connectivity index (χ4v) is 3.25. The highest BCUT2D eigenvalue weighted by Gasteiger charge is 2.14. The fraction of sp³-hybridized carbons (Fsp3) is 0.125. The molecule has 1 aromatic heterocycles. The maximum Gasteiger partial charge on any atom is 0.0635 e. The van der Waals surface area contributed by atoms with E-state index in [9.17, 15) is 0 Å². The number of hydrogen-bond acceptors (Lipinski definition) is 0. The smallest absolute Gasteiger partial charge is 0.0635 e. The predicted octanol–water partition coefficient (Wildman–Crippen LogP) is 5.09. The van der Waals surface area contributed by atoms with Crippen LogP contribution in [0, 0.1) is 0 Å². The van der Waals surface area contributed by atoms with Gasteiger partial charge in [-0.15, -0.1) is 0 Å². The lowest BCUT2D eigenvalue weighted by Crippen LogP contribution is -1.96. The number of nitrogens with zero attached hydrogens (tertiary/aromatic N) is 1. The Morgan fingerprint density at radius 1 is 0.944 bits per heavy atom. The quantitative estimate of drug-likeness (QED) is 0.621. The Balaban J connectivity index is 2.38. The summed E-state index contributed by atoms with van der Waals surface area (Å²) >= 11 is 3.76. The molecular weight excluding hydrogens is 286 g/mol. The molecule has 90 valence electrons. The van der Waals surface area contributed by atoms with Crippen LogP contribution >= 0.6 is 15.9 Å². The zero-order valence-corrected chi connectivity index (χ0v) is 11.8. The summed E-state index contributed by atoms with van der Waals surface area (Å²) in [6, 6.07) is 19.1. The molecule has 2 heteroatoms. The van der Waals surface area contributed by atoms with Crippen molar-refractivity contribution in [2.75, 3.05) is 0 Å². The van der Waals surface area contributed by atoms with Crippen LogP contribution in [0.3, 0.4) is 0 Å². The summed E-state index contributed by atoms with van der Waals surface area (Å²) < 4.78 is 3.54. The summed E-state index contributed by atoms with van der Waals surface area (Å²) in [7, 11) is 0. The number of para-hydroxylation sites is 1. The van der Waals surface area contributed by atoms with Crippen molar-refractivity contribution in [2.24, 2.45) is 0 Å². The number of rotatable bonds is 2. The first kappa shape index (κ1) is 11.5.